The molecule has 0 amide bonds. The zero-order valence-corrected chi connectivity index (χ0v) is 9.93. The molecule has 0 aromatic carbocycles. The zero-order chi connectivity index (χ0) is 13.1. The number of methoxy groups -OCH3 is 1. The first-order valence-corrected chi connectivity index (χ1v) is 4.91. The van der Waals surface area contributed by atoms with Gasteiger partial charge in [0.05, 0.1) is 12.0 Å². The molecule has 0 aliphatic carbocycles. The number of ether oxygens (including phenoxy) is 1. The smallest absolute Gasteiger partial charge is 0.372 e. The third-order valence-electron chi connectivity index (χ3n) is 1.88. The number of rotatable bonds is 5. The lowest BCUT2D eigenvalue weighted by molar-refractivity contribution is -0.385. The lowest BCUT2D eigenvalue weighted by atomic mass is 10.1. The molecule has 0 spiro atoms. The van der Waals surface area contributed by atoms with Gasteiger partial charge >= 0.3 is 5.69 Å². The van der Waals surface area contributed by atoms with E-state index in [0.717, 1.165) is 0 Å². The van der Waals surface area contributed by atoms with Gasteiger partial charge in [-0.25, -0.2) is 4.98 Å². The lowest BCUT2D eigenvalue weighted by Crippen LogP contribution is -2.39. The second-order valence-corrected chi connectivity index (χ2v) is 4.18. The number of nitro groups is 1. The van der Waals surface area contributed by atoms with Crippen LogP contribution in [0.2, 0.25) is 0 Å². The van der Waals surface area contributed by atoms with Crippen molar-refractivity contribution < 1.29 is 9.66 Å². The number of nitrogens with zero attached hydrogens (tertiary/aromatic N) is 3. The Bertz CT molecular complexity index is 416. The summed E-state index contributed by atoms with van der Waals surface area (Å²) in [5, 5.41) is 13.7. The monoisotopic (exact) mass is 241 g/mol. The zero-order valence-electron chi connectivity index (χ0n) is 9.93. The largest absolute Gasteiger partial charge is 0.476 e. The average molecular weight is 241 g/mol. The molecule has 0 saturated carbocycles. The maximum atomic E-state index is 10.9. The molecule has 1 heterocycles. The van der Waals surface area contributed by atoms with Crippen molar-refractivity contribution in [2.45, 2.75) is 19.4 Å². The van der Waals surface area contributed by atoms with Crippen LogP contribution in [0.5, 0.6) is 5.88 Å². The number of anilines is 1. The van der Waals surface area contributed by atoms with Crippen LogP contribution in [0.1, 0.15) is 13.8 Å². The van der Waals surface area contributed by atoms with Crippen LogP contribution < -0.4 is 15.8 Å². The van der Waals surface area contributed by atoms with Crippen LogP contribution >= 0.6 is 0 Å². The fraction of sp³-hybridized carbons (Fsp3) is 0.556. The fourth-order valence-electron chi connectivity index (χ4n) is 1.12. The normalized spacial score (nSPS) is 11.1. The van der Waals surface area contributed by atoms with Gasteiger partial charge in [-0.3, -0.25) is 10.1 Å². The van der Waals surface area contributed by atoms with Crippen LogP contribution in [-0.2, 0) is 0 Å². The van der Waals surface area contributed by atoms with Crippen LogP contribution in [0.3, 0.4) is 0 Å². The Morgan fingerprint density at radius 2 is 2.24 bits per heavy atom. The van der Waals surface area contributed by atoms with Crippen molar-refractivity contribution in [1.82, 2.24) is 9.97 Å². The maximum absolute atomic E-state index is 10.9. The molecule has 0 bridgehead atoms. The van der Waals surface area contributed by atoms with E-state index in [0.29, 0.717) is 6.54 Å². The van der Waals surface area contributed by atoms with E-state index in [1.807, 2.05) is 0 Å². The molecule has 1 aromatic heterocycles. The molecule has 8 heteroatoms. The van der Waals surface area contributed by atoms with E-state index in [9.17, 15) is 10.1 Å². The third-order valence-corrected chi connectivity index (χ3v) is 1.88. The van der Waals surface area contributed by atoms with Gasteiger partial charge in [-0.15, -0.1) is 0 Å². The standard InChI is InChI=1S/C9H15N5O3/c1-9(2,10)4-11-7-6(14(15)16)8(17-3)13-5-12-7/h5H,4,10H2,1-3H3,(H,11,12,13). The Labute approximate surface area is 98.4 Å². The molecule has 17 heavy (non-hydrogen) atoms. The number of aromatic nitrogens is 2. The molecule has 0 radical (unpaired) electrons. The average Bonchev–Trinajstić information content (AvgIpc) is 2.24. The summed E-state index contributed by atoms with van der Waals surface area (Å²) in [5.74, 6) is 0.0164. The van der Waals surface area contributed by atoms with Crippen LogP contribution in [-0.4, -0.2) is 34.1 Å². The quantitative estimate of drug-likeness (QED) is 0.570. The van der Waals surface area contributed by atoms with E-state index >= 15 is 0 Å². The first-order chi connectivity index (χ1) is 7.85. The highest BCUT2D eigenvalue weighted by Crippen LogP contribution is 2.30. The minimum absolute atomic E-state index is 0.0812. The van der Waals surface area contributed by atoms with Crippen molar-refractivity contribution in [2.24, 2.45) is 5.73 Å². The Hall–Kier alpha value is -1.96. The summed E-state index contributed by atoms with van der Waals surface area (Å²) in [6.07, 6.45) is 1.19. The molecular weight excluding hydrogens is 226 g/mol. The summed E-state index contributed by atoms with van der Waals surface area (Å²) in [6, 6.07) is 0. The second-order valence-electron chi connectivity index (χ2n) is 4.18. The van der Waals surface area contributed by atoms with Crippen molar-refractivity contribution in [3.63, 3.8) is 0 Å². The van der Waals surface area contributed by atoms with E-state index in [4.69, 9.17) is 10.5 Å². The van der Waals surface area contributed by atoms with Crippen LogP contribution in [0, 0.1) is 10.1 Å². The predicted octanol–water partition coefficient (Wildman–Crippen LogP) is 0.543. The highest BCUT2D eigenvalue weighted by molar-refractivity contribution is 5.61. The number of hydrogen-bond donors (Lipinski definition) is 2. The van der Waals surface area contributed by atoms with Gasteiger partial charge in [0, 0.05) is 12.1 Å². The number of hydrogen-bond acceptors (Lipinski definition) is 7. The van der Waals surface area contributed by atoms with E-state index in [-0.39, 0.29) is 17.4 Å². The van der Waals surface area contributed by atoms with Gasteiger partial charge < -0.3 is 15.8 Å². The molecule has 3 N–H and O–H groups in total. The molecule has 0 aliphatic rings. The van der Waals surface area contributed by atoms with Gasteiger partial charge in [0.15, 0.2) is 0 Å². The highest BCUT2D eigenvalue weighted by Gasteiger charge is 2.24. The molecule has 94 valence electrons. The molecular formula is C9H15N5O3. The van der Waals surface area contributed by atoms with Gasteiger partial charge in [0.2, 0.25) is 5.82 Å². The Morgan fingerprint density at radius 3 is 2.71 bits per heavy atom. The fourth-order valence-corrected chi connectivity index (χ4v) is 1.12. The molecule has 8 nitrogen and oxygen atoms in total. The third kappa shape index (κ3) is 3.52. The Morgan fingerprint density at radius 1 is 1.59 bits per heavy atom. The summed E-state index contributed by atoms with van der Waals surface area (Å²) in [7, 11) is 1.31. The van der Waals surface area contributed by atoms with Gasteiger partial charge in [0.25, 0.3) is 5.88 Å². The molecule has 1 rings (SSSR count). The molecule has 0 aliphatic heterocycles. The second kappa shape index (κ2) is 4.91. The Kier molecular flexibility index (Phi) is 3.79. The summed E-state index contributed by atoms with van der Waals surface area (Å²) >= 11 is 0. The maximum Gasteiger partial charge on any atom is 0.372 e. The molecule has 0 saturated heterocycles. The lowest BCUT2D eigenvalue weighted by Gasteiger charge is -2.19. The van der Waals surface area contributed by atoms with Gasteiger partial charge in [-0.2, -0.15) is 4.98 Å². The molecule has 0 atom stereocenters. The van der Waals surface area contributed by atoms with Crippen molar-refractivity contribution in [2.75, 3.05) is 19.0 Å². The first kappa shape index (κ1) is 13.1. The van der Waals surface area contributed by atoms with E-state index < -0.39 is 10.5 Å². The molecule has 0 unspecified atom stereocenters. The van der Waals surface area contributed by atoms with Crippen molar-refractivity contribution >= 4 is 11.5 Å². The topological polar surface area (TPSA) is 116 Å². The van der Waals surface area contributed by atoms with Crippen LogP contribution in [0.25, 0.3) is 0 Å². The molecule has 1 aromatic rings. The summed E-state index contributed by atoms with van der Waals surface area (Å²) < 4.78 is 4.82. The number of nitrogens with one attached hydrogen (secondary N) is 1. The van der Waals surface area contributed by atoms with Crippen molar-refractivity contribution in [3.8, 4) is 5.88 Å². The minimum atomic E-state index is -0.593. The van der Waals surface area contributed by atoms with Gasteiger partial charge in [-0.1, -0.05) is 0 Å². The summed E-state index contributed by atoms with van der Waals surface area (Å²) in [4.78, 5) is 17.8. The van der Waals surface area contributed by atoms with Crippen LogP contribution in [0.4, 0.5) is 11.5 Å². The van der Waals surface area contributed by atoms with Crippen molar-refractivity contribution in [3.05, 3.63) is 16.4 Å². The minimum Gasteiger partial charge on any atom is -0.476 e. The van der Waals surface area contributed by atoms with E-state index in [2.05, 4.69) is 15.3 Å². The van der Waals surface area contributed by atoms with Gasteiger partial charge in [-0.05, 0) is 13.8 Å². The van der Waals surface area contributed by atoms with Crippen LogP contribution in [0.15, 0.2) is 6.33 Å². The van der Waals surface area contributed by atoms with Crippen molar-refractivity contribution in [1.29, 1.82) is 0 Å². The molecule has 0 fully saturated rings. The Balaban J connectivity index is 3.02. The first-order valence-electron chi connectivity index (χ1n) is 4.91. The summed E-state index contributed by atoms with van der Waals surface area (Å²) in [6.45, 7) is 3.93. The SMILES string of the molecule is COc1ncnc(NCC(C)(C)N)c1[N+](=O)[O-]. The summed E-state index contributed by atoms with van der Waals surface area (Å²) in [5.41, 5.74) is 4.97. The predicted molar refractivity (Wildman–Crippen MR) is 62.0 cm³/mol. The van der Waals surface area contributed by atoms with Gasteiger partial charge in [0.1, 0.15) is 6.33 Å². The van der Waals surface area contributed by atoms with E-state index in [1.54, 1.807) is 13.8 Å². The van der Waals surface area contributed by atoms with E-state index in [1.165, 1.54) is 13.4 Å². The number of nitrogens with two attached hydrogens (primary N) is 1. The highest BCUT2D eigenvalue weighted by atomic mass is 16.6.